The Balaban J connectivity index is 3.47. The maximum Gasteiger partial charge on any atom is 0.313 e. The third-order valence-corrected chi connectivity index (χ3v) is 2.29. The first kappa shape index (κ1) is 14.4. The molecule has 0 aliphatic rings. The van der Waals surface area contributed by atoms with Gasteiger partial charge < -0.3 is 14.2 Å². The quantitative estimate of drug-likeness (QED) is 0.355. The van der Waals surface area contributed by atoms with Gasteiger partial charge in [-0.3, -0.25) is 4.79 Å². The van der Waals surface area contributed by atoms with Gasteiger partial charge >= 0.3 is 5.97 Å². The Morgan fingerprint density at radius 1 is 1.13 bits per heavy atom. The predicted octanol–water partition coefficient (Wildman–Crippen LogP) is 1.98. The number of hydrogen-bond acceptors (Lipinski definition) is 4. The molecule has 0 aliphatic heterocycles. The van der Waals surface area contributed by atoms with Crippen molar-refractivity contribution in [1.82, 2.24) is 0 Å². The van der Waals surface area contributed by atoms with Crippen LogP contribution in [0.3, 0.4) is 0 Å². The van der Waals surface area contributed by atoms with Crippen LogP contribution in [0.1, 0.15) is 34.1 Å². The van der Waals surface area contributed by atoms with E-state index in [2.05, 4.69) is 0 Å². The van der Waals surface area contributed by atoms with Crippen LogP contribution in [0.4, 0.5) is 0 Å². The third kappa shape index (κ3) is 6.47. The Morgan fingerprint density at radius 3 is 2.27 bits per heavy atom. The van der Waals surface area contributed by atoms with E-state index in [0.29, 0.717) is 19.8 Å². The molecule has 0 bridgehead atoms. The normalized spacial score (nSPS) is 11.5. The first-order valence-corrected chi connectivity index (χ1v) is 5.37. The van der Waals surface area contributed by atoms with E-state index < -0.39 is 5.41 Å². The molecule has 0 spiro atoms. The van der Waals surface area contributed by atoms with Gasteiger partial charge in [0, 0.05) is 6.61 Å². The molecule has 0 N–H and O–H groups in total. The van der Waals surface area contributed by atoms with Crippen LogP contribution in [0.5, 0.6) is 0 Å². The molecule has 0 aromatic rings. The van der Waals surface area contributed by atoms with Crippen LogP contribution in [0, 0.1) is 5.41 Å². The Labute approximate surface area is 91.9 Å². The second-order valence-corrected chi connectivity index (χ2v) is 3.89. The smallest absolute Gasteiger partial charge is 0.313 e. The average molecular weight is 218 g/mol. The Morgan fingerprint density at radius 2 is 1.73 bits per heavy atom. The second-order valence-electron chi connectivity index (χ2n) is 3.89. The summed E-state index contributed by atoms with van der Waals surface area (Å²) in [5, 5.41) is 0. The highest BCUT2D eigenvalue weighted by Crippen LogP contribution is 2.21. The van der Waals surface area contributed by atoms with Gasteiger partial charge in [-0.25, -0.2) is 0 Å². The Bertz CT molecular complexity index is 177. The molecule has 0 rings (SSSR count). The monoisotopic (exact) mass is 218 g/mol. The van der Waals surface area contributed by atoms with E-state index in [4.69, 9.17) is 14.2 Å². The summed E-state index contributed by atoms with van der Waals surface area (Å²) >= 11 is 0. The lowest BCUT2D eigenvalue weighted by Crippen LogP contribution is -2.26. The molecule has 0 aromatic heterocycles. The summed E-state index contributed by atoms with van der Waals surface area (Å²) in [6.07, 6.45) is 0.755. The zero-order valence-electron chi connectivity index (χ0n) is 10.2. The van der Waals surface area contributed by atoms with Crippen LogP contribution in [0.2, 0.25) is 0 Å². The molecule has 0 atom stereocenters. The highest BCUT2D eigenvalue weighted by Gasteiger charge is 2.26. The maximum absolute atomic E-state index is 11.5. The van der Waals surface area contributed by atoms with Crippen molar-refractivity contribution in [3.63, 3.8) is 0 Å². The molecule has 4 heteroatoms. The van der Waals surface area contributed by atoms with Gasteiger partial charge in [-0.05, 0) is 27.2 Å². The zero-order chi connectivity index (χ0) is 11.7. The fraction of sp³-hybridized carbons (Fsp3) is 0.909. The van der Waals surface area contributed by atoms with E-state index in [9.17, 15) is 4.79 Å². The molecule has 0 saturated carbocycles. The minimum Gasteiger partial charge on any atom is -0.438 e. The van der Waals surface area contributed by atoms with Crippen LogP contribution < -0.4 is 0 Å². The van der Waals surface area contributed by atoms with Crippen molar-refractivity contribution < 1.29 is 19.0 Å². The van der Waals surface area contributed by atoms with Crippen molar-refractivity contribution in [3.8, 4) is 0 Å². The average Bonchev–Trinajstić information content (AvgIpc) is 2.22. The van der Waals surface area contributed by atoms with E-state index in [0.717, 1.165) is 6.42 Å². The predicted molar refractivity (Wildman–Crippen MR) is 57.5 cm³/mol. The van der Waals surface area contributed by atoms with E-state index in [-0.39, 0.29) is 12.8 Å². The molecule has 0 heterocycles. The lowest BCUT2D eigenvalue weighted by molar-refractivity contribution is -0.167. The fourth-order valence-electron chi connectivity index (χ4n) is 0.756. The summed E-state index contributed by atoms with van der Waals surface area (Å²) in [5.41, 5.74) is -0.427. The van der Waals surface area contributed by atoms with Crippen molar-refractivity contribution >= 4 is 5.97 Å². The number of carbonyl (C=O) groups is 1. The maximum atomic E-state index is 11.5. The second kappa shape index (κ2) is 7.65. The van der Waals surface area contributed by atoms with Crippen LogP contribution in [-0.4, -0.2) is 32.6 Å². The van der Waals surface area contributed by atoms with Crippen molar-refractivity contribution in [2.45, 2.75) is 34.1 Å². The lowest BCUT2D eigenvalue weighted by Gasteiger charge is -2.20. The zero-order valence-corrected chi connectivity index (χ0v) is 10.2. The van der Waals surface area contributed by atoms with Gasteiger partial charge in [0.2, 0.25) is 0 Å². The summed E-state index contributed by atoms with van der Waals surface area (Å²) in [5.74, 6) is -0.221. The summed E-state index contributed by atoms with van der Waals surface area (Å²) < 4.78 is 15.1. The van der Waals surface area contributed by atoms with E-state index in [1.54, 1.807) is 0 Å². The molecule has 0 aromatic carbocycles. The summed E-state index contributed by atoms with van der Waals surface area (Å²) in [7, 11) is 0. The van der Waals surface area contributed by atoms with Gasteiger partial charge in [0.05, 0.1) is 18.6 Å². The number of rotatable bonds is 8. The van der Waals surface area contributed by atoms with Gasteiger partial charge in [-0.15, -0.1) is 0 Å². The standard InChI is InChI=1S/C11H22O4/c1-5-11(3,4)10(12)15-9-14-8-7-13-6-2/h5-9H2,1-4H3. The summed E-state index contributed by atoms with van der Waals surface area (Å²) in [6.45, 7) is 9.26. The van der Waals surface area contributed by atoms with E-state index >= 15 is 0 Å². The first-order valence-electron chi connectivity index (χ1n) is 5.37. The topological polar surface area (TPSA) is 44.8 Å². The van der Waals surface area contributed by atoms with Crippen LogP contribution in [0.25, 0.3) is 0 Å². The van der Waals surface area contributed by atoms with Crippen LogP contribution >= 0.6 is 0 Å². The number of ether oxygens (including phenoxy) is 3. The minimum absolute atomic E-state index is 0.00926. The van der Waals surface area contributed by atoms with E-state index in [1.165, 1.54) is 0 Å². The SMILES string of the molecule is CCOCCOCOC(=O)C(C)(C)CC. The third-order valence-electron chi connectivity index (χ3n) is 2.29. The largest absolute Gasteiger partial charge is 0.438 e. The highest BCUT2D eigenvalue weighted by atomic mass is 16.7. The molecule has 4 nitrogen and oxygen atoms in total. The molecule has 90 valence electrons. The van der Waals surface area contributed by atoms with Gasteiger partial charge in [0.1, 0.15) is 0 Å². The highest BCUT2D eigenvalue weighted by molar-refractivity contribution is 5.75. The fourth-order valence-corrected chi connectivity index (χ4v) is 0.756. The summed E-state index contributed by atoms with van der Waals surface area (Å²) in [4.78, 5) is 11.5. The Kier molecular flexibility index (Phi) is 7.34. The van der Waals surface area contributed by atoms with Crippen molar-refractivity contribution in [2.24, 2.45) is 5.41 Å². The van der Waals surface area contributed by atoms with Crippen LogP contribution in [0.15, 0.2) is 0 Å². The van der Waals surface area contributed by atoms with E-state index in [1.807, 2.05) is 27.7 Å². The number of esters is 1. The molecule has 0 amide bonds. The molecule has 0 fully saturated rings. The van der Waals surface area contributed by atoms with Gasteiger partial charge in [-0.2, -0.15) is 0 Å². The molecule has 0 saturated heterocycles. The van der Waals surface area contributed by atoms with Gasteiger partial charge in [0.25, 0.3) is 0 Å². The van der Waals surface area contributed by atoms with Crippen molar-refractivity contribution in [3.05, 3.63) is 0 Å². The molecular weight excluding hydrogens is 196 g/mol. The molecule has 0 radical (unpaired) electrons. The minimum atomic E-state index is -0.427. The van der Waals surface area contributed by atoms with Crippen molar-refractivity contribution in [2.75, 3.05) is 26.6 Å². The number of carbonyl (C=O) groups excluding carboxylic acids is 1. The molecule has 15 heavy (non-hydrogen) atoms. The molecule has 0 unspecified atom stereocenters. The molecular formula is C11H22O4. The first-order chi connectivity index (χ1) is 7.04. The van der Waals surface area contributed by atoms with Crippen LogP contribution in [-0.2, 0) is 19.0 Å². The number of hydrogen-bond donors (Lipinski definition) is 0. The lowest BCUT2D eigenvalue weighted by atomic mass is 9.91. The molecule has 0 aliphatic carbocycles. The summed E-state index contributed by atoms with van der Waals surface area (Å²) in [6, 6.07) is 0. The van der Waals surface area contributed by atoms with Gasteiger partial charge in [0.15, 0.2) is 6.79 Å². The Hall–Kier alpha value is -0.610. The van der Waals surface area contributed by atoms with Gasteiger partial charge in [-0.1, -0.05) is 6.92 Å². The van der Waals surface area contributed by atoms with Crippen molar-refractivity contribution in [1.29, 1.82) is 0 Å².